The Morgan fingerprint density at radius 2 is 1.77 bits per heavy atom. The van der Waals surface area contributed by atoms with E-state index in [2.05, 4.69) is 5.32 Å². The second-order valence-electron chi connectivity index (χ2n) is 5.29. The maximum absolute atomic E-state index is 12.4. The van der Waals surface area contributed by atoms with E-state index >= 15 is 0 Å². The number of amides is 1. The van der Waals surface area contributed by atoms with E-state index in [1.807, 2.05) is 36.4 Å². The van der Waals surface area contributed by atoms with Crippen LogP contribution >= 0.6 is 23.2 Å². The van der Waals surface area contributed by atoms with Gasteiger partial charge >= 0.3 is 0 Å². The molecule has 114 valence electrons. The lowest BCUT2D eigenvalue weighted by Gasteiger charge is -2.12. The molecule has 2 aromatic rings. The van der Waals surface area contributed by atoms with Crippen molar-refractivity contribution in [2.75, 3.05) is 11.9 Å². The van der Waals surface area contributed by atoms with Gasteiger partial charge in [-0.15, -0.1) is 23.2 Å². The van der Waals surface area contributed by atoms with E-state index in [-0.39, 0.29) is 11.8 Å². The fourth-order valence-corrected chi connectivity index (χ4v) is 2.64. The molecule has 3 rings (SSSR count). The summed E-state index contributed by atoms with van der Waals surface area (Å²) in [5.41, 5.74) is 1.23. The highest BCUT2D eigenvalue weighted by atomic mass is 35.5. The number of carbonyl (C=O) groups is 1. The molecule has 0 bridgehead atoms. The first-order chi connectivity index (χ1) is 10.6. The summed E-state index contributed by atoms with van der Waals surface area (Å²) in [6.07, 6.45) is 0.717. The molecule has 1 fully saturated rings. The molecular formula is C17H15Cl2NO2. The largest absolute Gasteiger partial charge is 0.492 e. The van der Waals surface area contributed by atoms with Gasteiger partial charge in [0.25, 0.3) is 5.91 Å². The first kappa shape index (κ1) is 15.2. The average molecular weight is 336 g/mol. The van der Waals surface area contributed by atoms with Gasteiger partial charge in [0.2, 0.25) is 0 Å². The van der Waals surface area contributed by atoms with Gasteiger partial charge in [0, 0.05) is 11.6 Å². The molecule has 1 atom stereocenters. The summed E-state index contributed by atoms with van der Waals surface area (Å²) in [5.74, 6) is 0.439. The number of nitrogens with one attached hydrogen (secondary N) is 1. The van der Waals surface area contributed by atoms with Crippen LogP contribution in [0, 0.1) is 5.92 Å². The van der Waals surface area contributed by atoms with Crippen molar-refractivity contribution >= 4 is 34.8 Å². The van der Waals surface area contributed by atoms with Crippen LogP contribution in [0.25, 0.3) is 0 Å². The number of rotatable bonds is 5. The molecule has 0 aromatic heterocycles. The smallest absolute Gasteiger partial charge is 0.259 e. The zero-order chi connectivity index (χ0) is 15.6. The molecule has 0 saturated heterocycles. The van der Waals surface area contributed by atoms with Gasteiger partial charge in [-0.05, 0) is 30.7 Å². The maximum Gasteiger partial charge on any atom is 0.259 e. The van der Waals surface area contributed by atoms with E-state index in [0.29, 0.717) is 24.3 Å². The Morgan fingerprint density at radius 3 is 2.45 bits per heavy atom. The van der Waals surface area contributed by atoms with Crippen molar-refractivity contribution in [2.24, 2.45) is 5.92 Å². The van der Waals surface area contributed by atoms with Crippen molar-refractivity contribution in [3.8, 4) is 5.75 Å². The normalized spacial score (nSPS) is 18.5. The fourth-order valence-electron chi connectivity index (χ4n) is 2.14. The summed E-state index contributed by atoms with van der Waals surface area (Å²) in [6, 6.07) is 16.4. The third-order valence-electron chi connectivity index (χ3n) is 3.56. The second-order valence-corrected chi connectivity index (χ2v) is 6.83. The molecule has 5 heteroatoms. The summed E-state index contributed by atoms with van der Waals surface area (Å²) in [5, 5.41) is 2.85. The van der Waals surface area contributed by atoms with Gasteiger partial charge in [-0.1, -0.05) is 30.3 Å². The minimum absolute atomic E-state index is 0.112. The Bertz CT molecular complexity index is 673. The van der Waals surface area contributed by atoms with E-state index in [1.165, 1.54) is 0 Å². The van der Waals surface area contributed by atoms with Crippen molar-refractivity contribution in [1.82, 2.24) is 0 Å². The Hall–Kier alpha value is -1.71. The summed E-state index contributed by atoms with van der Waals surface area (Å²) < 4.78 is 5.05. The summed E-state index contributed by atoms with van der Waals surface area (Å²) in [7, 11) is 0. The highest BCUT2D eigenvalue weighted by molar-refractivity contribution is 6.50. The van der Waals surface area contributed by atoms with Crippen molar-refractivity contribution in [3.05, 3.63) is 60.2 Å². The van der Waals surface area contributed by atoms with Crippen LogP contribution in [0.3, 0.4) is 0 Å². The number of hydrogen-bond donors (Lipinski definition) is 1. The monoisotopic (exact) mass is 335 g/mol. The van der Waals surface area contributed by atoms with Crippen LogP contribution in [0.5, 0.6) is 5.75 Å². The van der Waals surface area contributed by atoms with Crippen molar-refractivity contribution in [2.45, 2.75) is 10.8 Å². The van der Waals surface area contributed by atoms with Gasteiger partial charge in [-0.3, -0.25) is 4.79 Å². The van der Waals surface area contributed by atoms with E-state index in [0.717, 1.165) is 5.69 Å². The lowest BCUT2D eigenvalue weighted by Crippen LogP contribution is -2.14. The molecule has 0 aliphatic heterocycles. The number of ether oxygens (including phenoxy) is 1. The van der Waals surface area contributed by atoms with Crippen LogP contribution in [0.1, 0.15) is 16.8 Å². The van der Waals surface area contributed by atoms with Crippen LogP contribution in [0.15, 0.2) is 54.6 Å². The number of para-hydroxylation sites is 2. The van der Waals surface area contributed by atoms with Crippen LogP contribution in [0.2, 0.25) is 0 Å². The van der Waals surface area contributed by atoms with Crippen molar-refractivity contribution in [3.63, 3.8) is 0 Å². The highest BCUT2D eigenvalue weighted by Crippen LogP contribution is 2.53. The van der Waals surface area contributed by atoms with Gasteiger partial charge in [-0.25, -0.2) is 0 Å². The zero-order valence-electron chi connectivity index (χ0n) is 11.8. The molecular weight excluding hydrogens is 321 g/mol. The predicted molar refractivity (Wildman–Crippen MR) is 88.9 cm³/mol. The Labute approximate surface area is 139 Å². The lowest BCUT2D eigenvalue weighted by molar-refractivity contribution is 0.102. The molecule has 22 heavy (non-hydrogen) atoms. The van der Waals surface area contributed by atoms with Crippen molar-refractivity contribution < 1.29 is 9.53 Å². The van der Waals surface area contributed by atoms with Gasteiger partial charge < -0.3 is 10.1 Å². The quantitative estimate of drug-likeness (QED) is 0.816. The van der Waals surface area contributed by atoms with Gasteiger partial charge in [0.05, 0.1) is 12.2 Å². The topological polar surface area (TPSA) is 38.3 Å². The lowest BCUT2D eigenvalue weighted by atomic mass is 10.2. The van der Waals surface area contributed by atoms with E-state index in [1.54, 1.807) is 18.2 Å². The SMILES string of the molecule is O=C(Nc1ccccc1)c1ccccc1OC[C@H]1CC1(Cl)Cl. The van der Waals surface area contributed by atoms with E-state index in [4.69, 9.17) is 27.9 Å². The molecule has 0 heterocycles. The van der Waals surface area contributed by atoms with Crippen LogP contribution < -0.4 is 10.1 Å². The van der Waals surface area contributed by atoms with Crippen LogP contribution in [-0.4, -0.2) is 16.8 Å². The average Bonchev–Trinajstić information content (AvgIpc) is 3.13. The standard InChI is InChI=1S/C17H15Cl2NO2/c18-17(19)10-12(17)11-22-15-9-5-4-8-14(15)16(21)20-13-6-2-1-3-7-13/h1-9,12H,10-11H2,(H,20,21)/t12-/m1/s1. The van der Waals surface area contributed by atoms with Gasteiger partial charge in [0.15, 0.2) is 0 Å². The fraction of sp³-hybridized carbons (Fsp3) is 0.235. The summed E-state index contributed by atoms with van der Waals surface area (Å²) >= 11 is 12.0. The second kappa shape index (κ2) is 6.19. The molecule has 0 unspecified atom stereocenters. The Kier molecular flexibility index (Phi) is 4.27. The highest BCUT2D eigenvalue weighted by Gasteiger charge is 2.52. The van der Waals surface area contributed by atoms with Crippen LogP contribution in [-0.2, 0) is 0 Å². The first-order valence-electron chi connectivity index (χ1n) is 7.02. The molecule has 1 amide bonds. The first-order valence-corrected chi connectivity index (χ1v) is 7.78. The minimum Gasteiger partial charge on any atom is -0.492 e. The third-order valence-corrected chi connectivity index (χ3v) is 4.48. The Balaban J connectivity index is 1.69. The number of benzene rings is 2. The predicted octanol–water partition coefficient (Wildman–Crippen LogP) is 4.51. The molecule has 3 nitrogen and oxygen atoms in total. The zero-order valence-corrected chi connectivity index (χ0v) is 13.3. The number of hydrogen-bond acceptors (Lipinski definition) is 2. The Morgan fingerprint density at radius 1 is 1.14 bits per heavy atom. The molecule has 1 N–H and O–H groups in total. The van der Waals surface area contributed by atoms with Crippen LogP contribution in [0.4, 0.5) is 5.69 Å². The number of alkyl halides is 2. The van der Waals surface area contributed by atoms with E-state index < -0.39 is 4.33 Å². The van der Waals surface area contributed by atoms with E-state index in [9.17, 15) is 4.79 Å². The van der Waals surface area contributed by atoms with Crippen molar-refractivity contribution in [1.29, 1.82) is 0 Å². The number of carbonyl (C=O) groups excluding carboxylic acids is 1. The summed E-state index contributed by atoms with van der Waals surface area (Å²) in [4.78, 5) is 12.4. The number of anilines is 1. The third kappa shape index (κ3) is 3.54. The maximum atomic E-state index is 12.4. The molecule has 1 aliphatic rings. The van der Waals surface area contributed by atoms with Gasteiger partial charge in [-0.2, -0.15) is 0 Å². The number of halogens is 2. The summed E-state index contributed by atoms with van der Waals surface area (Å²) in [6.45, 7) is 0.405. The molecule has 0 radical (unpaired) electrons. The molecule has 0 spiro atoms. The molecule has 1 saturated carbocycles. The molecule has 2 aromatic carbocycles. The molecule has 1 aliphatic carbocycles. The van der Waals surface area contributed by atoms with Gasteiger partial charge in [0.1, 0.15) is 10.1 Å². The minimum atomic E-state index is -0.679.